The van der Waals surface area contributed by atoms with Crippen molar-refractivity contribution in [2.24, 2.45) is 0 Å². The standard InChI is InChI=1S/C31H45NS/c1-12-33(13-2,31(9,10)11)26-14-15-27-22(20-26)16-17-32-28(27)23-18-24(29(3,4)5)21-25(19-23)30(6,7)8/h14-21H,12-13H2,1-11H3. The largest absolute Gasteiger partial charge is 0.256 e. The van der Waals surface area contributed by atoms with Crippen molar-refractivity contribution in [3.63, 3.8) is 0 Å². The van der Waals surface area contributed by atoms with Crippen LogP contribution >= 0.6 is 10.0 Å². The minimum atomic E-state index is -0.909. The Kier molecular flexibility index (Phi) is 6.86. The van der Waals surface area contributed by atoms with Crippen molar-refractivity contribution in [1.82, 2.24) is 4.98 Å². The van der Waals surface area contributed by atoms with Crippen LogP contribution < -0.4 is 0 Å². The first-order valence-electron chi connectivity index (χ1n) is 12.5. The van der Waals surface area contributed by atoms with Crippen molar-refractivity contribution in [3.8, 4) is 11.3 Å². The highest BCUT2D eigenvalue weighted by molar-refractivity contribution is 8.34. The Morgan fingerprint density at radius 3 is 1.70 bits per heavy atom. The molecule has 3 rings (SSSR count). The molecule has 1 aromatic heterocycles. The zero-order valence-corrected chi connectivity index (χ0v) is 23.7. The van der Waals surface area contributed by atoms with Crippen molar-refractivity contribution in [3.05, 3.63) is 59.8 Å². The number of rotatable bonds is 4. The lowest BCUT2D eigenvalue weighted by Crippen LogP contribution is -2.28. The molecule has 0 N–H and O–H groups in total. The predicted molar refractivity (Wildman–Crippen MR) is 151 cm³/mol. The Balaban J connectivity index is 2.27. The second-order valence-electron chi connectivity index (χ2n) is 12.4. The lowest BCUT2D eigenvalue weighted by atomic mass is 9.79. The van der Waals surface area contributed by atoms with Gasteiger partial charge in [0.1, 0.15) is 0 Å². The zero-order chi connectivity index (χ0) is 24.8. The third-order valence-corrected chi connectivity index (χ3v) is 12.8. The van der Waals surface area contributed by atoms with E-state index in [1.165, 1.54) is 43.9 Å². The fourth-order valence-electron chi connectivity index (χ4n) is 5.02. The van der Waals surface area contributed by atoms with Crippen LogP contribution in [0.25, 0.3) is 22.0 Å². The second-order valence-corrected chi connectivity index (χ2v) is 17.0. The molecule has 0 aliphatic heterocycles. The number of fused-ring (bicyclic) bond motifs is 1. The third kappa shape index (κ3) is 4.87. The average molecular weight is 464 g/mol. The smallest absolute Gasteiger partial charge is 0.0780 e. The predicted octanol–water partition coefficient (Wildman–Crippen LogP) is 9.50. The van der Waals surface area contributed by atoms with E-state index in [4.69, 9.17) is 4.98 Å². The Morgan fingerprint density at radius 2 is 1.24 bits per heavy atom. The van der Waals surface area contributed by atoms with Crippen molar-refractivity contribution in [1.29, 1.82) is 0 Å². The molecule has 0 bridgehead atoms. The molecule has 0 spiro atoms. The van der Waals surface area contributed by atoms with Crippen molar-refractivity contribution < 1.29 is 0 Å². The molecule has 0 fully saturated rings. The molecule has 3 aromatic rings. The lowest BCUT2D eigenvalue weighted by molar-refractivity contribution is 0.569. The number of aromatic nitrogens is 1. The summed E-state index contributed by atoms with van der Waals surface area (Å²) in [4.78, 5) is 6.44. The second kappa shape index (κ2) is 8.77. The number of benzene rings is 2. The molecular formula is C31H45NS. The maximum absolute atomic E-state index is 4.91. The third-order valence-electron chi connectivity index (χ3n) is 7.28. The first kappa shape index (κ1) is 25.8. The van der Waals surface area contributed by atoms with Gasteiger partial charge in [-0.05, 0) is 78.8 Å². The summed E-state index contributed by atoms with van der Waals surface area (Å²) < 4.78 is 0.280. The Morgan fingerprint density at radius 1 is 0.697 bits per heavy atom. The number of hydrogen-bond donors (Lipinski definition) is 0. The summed E-state index contributed by atoms with van der Waals surface area (Å²) in [6, 6.07) is 16.5. The normalized spacial score (nSPS) is 14.0. The van der Waals surface area contributed by atoms with Crippen LogP contribution in [0.2, 0.25) is 0 Å². The van der Waals surface area contributed by atoms with E-state index in [9.17, 15) is 0 Å². The average Bonchev–Trinajstić information content (AvgIpc) is 2.72. The van der Waals surface area contributed by atoms with Crippen molar-refractivity contribution >= 4 is 20.8 Å². The van der Waals surface area contributed by atoms with Gasteiger partial charge in [-0.3, -0.25) is 4.98 Å². The molecule has 0 amide bonds. The van der Waals surface area contributed by atoms with Crippen LogP contribution in [0.5, 0.6) is 0 Å². The summed E-state index contributed by atoms with van der Waals surface area (Å²) in [7, 11) is -0.909. The summed E-state index contributed by atoms with van der Waals surface area (Å²) in [6.07, 6.45) is 1.99. The van der Waals surface area contributed by atoms with Crippen LogP contribution in [0.1, 0.15) is 87.3 Å². The molecule has 0 radical (unpaired) electrons. The van der Waals surface area contributed by atoms with Gasteiger partial charge in [0.05, 0.1) is 5.69 Å². The molecule has 0 aliphatic carbocycles. The molecule has 1 heterocycles. The van der Waals surface area contributed by atoms with Gasteiger partial charge in [-0.2, -0.15) is 0 Å². The first-order valence-corrected chi connectivity index (χ1v) is 14.4. The van der Waals surface area contributed by atoms with Crippen LogP contribution in [0.4, 0.5) is 0 Å². The van der Waals surface area contributed by atoms with Gasteiger partial charge in [0, 0.05) is 17.1 Å². The molecule has 1 nitrogen and oxygen atoms in total. The summed E-state index contributed by atoms with van der Waals surface area (Å²) in [5, 5.41) is 2.56. The molecule has 33 heavy (non-hydrogen) atoms. The Labute approximate surface area is 204 Å². The summed E-state index contributed by atoms with van der Waals surface area (Å²) in [6.45, 7) is 25.8. The van der Waals surface area contributed by atoms with Gasteiger partial charge in [0.25, 0.3) is 0 Å². The van der Waals surface area contributed by atoms with Crippen LogP contribution in [0.15, 0.2) is 53.6 Å². The van der Waals surface area contributed by atoms with Gasteiger partial charge >= 0.3 is 0 Å². The quantitative estimate of drug-likeness (QED) is 0.375. The number of pyridine rings is 1. The van der Waals surface area contributed by atoms with Crippen LogP contribution in [-0.4, -0.2) is 21.2 Å². The number of hydrogen-bond acceptors (Lipinski definition) is 1. The Bertz CT molecular complexity index is 1100. The SMILES string of the molecule is CCS(CC)(c1ccc2c(-c3cc(C(C)(C)C)cc(C(C)(C)C)c3)nccc2c1)C(C)(C)C. The van der Waals surface area contributed by atoms with E-state index < -0.39 is 10.0 Å². The molecule has 0 unspecified atom stereocenters. The van der Waals surface area contributed by atoms with E-state index in [0.29, 0.717) is 0 Å². The fraction of sp³-hybridized carbons (Fsp3) is 0.516. The van der Waals surface area contributed by atoms with E-state index in [-0.39, 0.29) is 15.6 Å². The maximum Gasteiger partial charge on any atom is 0.0780 e. The molecule has 0 saturated carbocycles. The molecule has 0 aliphatic rings. The van der Waals surface area contributed by atoms with Gasteiger partial charge < -0.3 is 0 Å². The minimum Gasteiger partial charge on any atom is -0.256 e. The first-order chi connectivity index (χ1) is 15.1. The lowest BCUT2D eigenvalue weighted by Gasteiger charge is -2.50. The van der Waals surface area contributed by atoms with Crippen molar-refractivity contribution in [2.45, 2.75) is 96.6 Å². The zero-order valence-electron chi connectivity index (χ0n) is 22.9. The van der Waals surface area contributed by atoms with E-state index in [0.717, 1.165) is 5.69 Å². The molecule has 2 heteroatoms. The van der Waals surface area contributed by atoms with Crippen LogP contribution in [-0.2, 0) is 10.8 Å². The summed E-state index contributed by atoms with van der Waals surface area (Å²) in [5.74, 6) is 2.44. The monoisotopic (exact) mass is 463 g/mol. The highest BCUT2D eigenvalue weighted by atomic mass is 32.3. The molecule has 2 aromatic carbocycles. The number of nitrogens with zero attached hydrogens (tertiary/aromatic N) is 1. The van der Waals surface area contributed by atoms with Crippen molar-refractivity contribution in [2.75, 3.05) is 11.5 Å². The maximum atomic E-state index is 4.91. The van der Waals surface area contributed by atoms with E-state index in [1.807, 2.05) is 6.20 Å². The summed E-state index contributed by atoms with van der Waals surface area (Å²) >= 11 is 0. The van der Waals surface area contributed by atoms with Gasteiger partial charge in [-0.1, -0.05) is 88.3 Å². The molecule has 0 saturated heterocycles. The van der Waals surface area contributed by atoms with Gasteiger partial charge in [0.15, 0.2) is 0 Å². The van der Waals surface area contributed by atoms with Gasteiger partial charge in [-0.15, -0.1) is 0 Å². The van der Waals surface area contributed by atoms with E-state index >= 15 is 0 Å². The fourth-order valence-corrected chi connectivity index (χ4v) is 9.21. The Hall–Kier alpha value is -1.80. The van der Waals surface area contributed by atoms with Crippen LogP contribution in [0, 0.1) is 0 Å². The van der Waals surface area contributed by atoms with Gasteiger partial charge in [0.2, 0.25) is 0 Å². The van der Waals surface area contributed by atoms with Gasteiger partial charge in [-0.25, -0.2) is 10.0 Å². The van der Waals surface area contributed by atoms with E-state index in [2.05, 4.69) is 119 Å². The summed E-state index contributed by atoms with van der Waals surface area (Å²) in [5.41, 5.74) is 5.24. The van der Waals surface area contributed by atoms with Crippen LogP contribution in [0.3, 0.4) is 0 Å². The molecule has 0 atom stereocenters. The minimum absolute atomic E-state index is 0.0890. The topological polar surface area (TPSA) is 12.9 Å². The highest BCUT2D eigenvalue weighted by Gasteiger charge is 2.35. The molecule has 180 valence electrons. The van der Waals surface area contributed by atoms with E-state index in [1.54, 1.807) is 0 Å². The molecular weight excluding hydrogens is 418 g/mol. The highest BCUT2D eigenvalue weighted by Crippen LogP contribution is 2.64.